The Bertz CT molecular complexity index is 1410. The van der Waals surface area contributed by atoms with E-state index in [-0.39, 0.29) is 24.5 Å². The lowest BCUT2D eigenvalue weighted by atomic mass is 10.1. The van der Waals surface area contributed by atoms with Crippen LogP contribution in [0.15, 0.2) is 72.8 Å². The van der Waals surface area contributed by atoms with Crippen molar-refractivity contribution in [2.24, 2.45) is 0 Å². The predicted octanol–water partition coefficient (Wildman–Crippen LogP) is 3.50. The molecule has 0 saturated heterocycles. The van der Waals surface area contributed by atoms with Crippen LogP contribution in [0, 0.1) is 6.92 Å². The molecule has 0 atom stereocenters. The molecule has 8 nitrogen and oxygen atoms in total. The molecule has 178 valence electrons. The van der Waals surface area contributed by atoms with Gasteiger partial charge in [0.2, 0.25) is 0 Å². The summed E-state index contributed by atoms with van der Waals surface area (Å²) in [6, 6.07) is 20.8. The molecule has 0 saturated carbocycles. The minimum Gasteiger partial charge on any atom is -0.545 e. The molecule has 8 heteroatoms. The molecule has 0 aliphatic carbocycles. The smallest absolute Gasteiger partial charge is 0.340 e. The Morgan fingerprint density at radius 1 is 0.971 bits per heavy atom. The van der Waals surface area contributed by atoms with Gasteiger partial charge in [0, 0.05) is 28.0 Å². The van der Waals surface area contributed by atoms with Gasteiger partial charge in [0.25, 0.3) is 5.91 Å². The van der Waals surface area contributed by atoms with Crippen LogP contribution in [0.25, 0.3) is 16.6 Å². The SMILES string of the molecule is CCOC(=O)c1c(C)n(-c2ccccc2)c2ccc(OCC(=O)Nc3ccccc3C(=O)[O-])cc12. The molecule has 0 bridgehead atoms. The highest BCUT2D eigenvalue weighted by Crippen LogP contribution is 2.32. The zero-order valence-electron chi connectivity index (χ0n) is 19.2. The van der Waals surface area contributed by atoms with Crippen molar-refractivity contribution in [2.75, 3.05) is 18.5 Å². The van der Waals surface area contributed by atoms with Crippen molar-refractivity contribution in [3.63, 3.8) is 0 Å². The number of esters is 1. The molecule has 1 aromatic heterocycles. The first-order chi connectivity index (χ1) is 16.9. The maximum atomic E-state index is 12.8. The van der Waals surface area contributed by atoms with Gasteiger partial charge >= 0.3 is 5.97 Å². The Balaban J connectivity index is 1.63. The van der Waals surface area contributed by atoms with Gasteiger partial charge in [0.05, 0.1) is 23.7 Å². The number of hydrogen-bond donors (Lipinski definition) is 1. The molecule has 4 aromatic rings. The van der Waals surface area contributed by atoms with Gasteiger partial charge in [-0.15, -0.1) is 0 Å². The van der Waals surface area contributed by atoms with Crippen LogP contribution >= 0.6 is 0 Å². The minimum atomic E-state index is -1.39. The van der Waals surface area contributed by atoms with E-state index in [1.807, 2.05) is 47.9 Å². The Labute approximate surface area is 201 Å². The van der Waals surface area contributed by atoms with E-state index in [0.29, 0.717) is 16.7 Å². The normalized spacial score (nSPS) is 10.7. The van der Waals surface area contributed by atoms with Gasteiger partial charge in [-0.3, -0.25) is 4.79 Å². The zero-order valence-corrected chi connectivity index (χ0v) is 19.2. The third-order valence-corrected chi connectivity index (χ3v) is 5.46. The molecule has 35 heavy (non-hydrogen) atoms. The van der Waals surface area contributed by atoms with Gasteiger partial charge in [-0.05, 0) is 50.2 Å². The average Bonchev–Trinajstić information content (AvgIpc) is 3.14. The molecule has 3 aromatic carbocycles. The van der Waals surface area contributed by atoms with Crippen molar-refractivity contribution in [3.8, 4) is 11.4 Å². The van der Waals surface area contributed by atoms with E-state index in [1.165, 1.54) is 18.2 Å². The van der Waals surface area contributed by atoms with Gasteiger partial charge in [-0.25, -0.2) is 4.79 Å². The molecule has 0 aliphatic rings. The van der Waals surface area contributed by atoms with Crippen molar-refractivity contribution in [1.82, 2.24) is 4.57 Å². The third kappa shape index (κ3) is 4.86. The fourth-order valence-corrected chi connectivity index (χ4v) is 3.96. The van der Waals surface area contributed by atoms with E-state index in [4.69, 9.17) is 9.47 Å². The molecule has 0 unspecified atom stereocenters. The van der Waals surface area contributed by atoms with Crippen LogP contribution in [0.2, 0.25) is 0 Å². The summed E-state index contributed by atoms with van der Waals surface area (Å²) in [5.41, 5.74) is 2.82. The number of nitrogens with one attached hydrogen (secondary N) is 1. The maximum absolute atomic E-state index is 12.8. The number of carboxylic acid groups (broad SMARTS) is 1. The van der Waals surface area contributed by atoms with Crippen molar-refractivity contribution in [1.29, 1.82) is 0 Å². The number of para-hydroxylation sites is 2. The van der Waals surface area contributed by atoms with Gasteiger partial charge in [0.15, 0.2) is 6.61 Å². The summed E-state index contributed by atoms with van der Waals surface area (Å²) in [7, 11) is 0. The number of carboxylic acids is 1. The molecule has 0 spiro atoms. The standard InChI is InChI=1S/C27H24N2O6/c1-3-34-27(33)25-17(2)29(18-9-5-4-6-10-18)23-14-13-19(15-21(23)25)35-16-24(30)28-22-12-8-7-11-20(22)26(31)32/h4-15H,3,16H2,1-2H3,(H,28,30)(H,31,32)/p-1. The lowest BCUT2D eigenvalue weighted by molar-refractivity contribution is -0.254. The minimum absolute atomic E-state index is 0.122. The number of benzene rings is 3. The lowest BCUT2D eigenvalue weighted by Gasteiger charge is -2.12. The van der Waals surface area contributed by atoms with Gasteiger partial charge in [-0.2, -0.15) is 0 Å². The number of aromatic carboxylic acids is 1. The monoisotopic (exact) mass is 471 g/mol. The Morgan fingerprint density at radius 2 is 1.69 bits per heavy atom. The van der Waals surface area contributed by atoms with E-state index < -0.39 is 17.8 Å². The number of anilines is 1. The van der Waals surface area contributed by atoms with Crippen LogP contribution in [0.3, 0.4) is 0 Å². The Kier molecular flexibility index (Phi) is 6.82. The van der Waals surface area contributed by atoms with Gasteiger partial charge in [-0.1, -0.05) is 36.4 Å². The third-order valence-electron chi connectivity index (χ3n) is 5.46. The average molecular weight is 471 g/mol. The summed E-state index contributed by atoms with van der Waals surface area (Å²) in [6.07, 6.45) is 0. The summed E-state index contributed by atoms with van der Waals surface area (Å²) in [4.78, 5) is 36.4. The second-order valence-electron chi connectivity index (χ2n) is 7.70. The second-order valence-corrected chi connectivity index (χ2v) is 7.70. The second kappa shape index (κ2) is 10.1. The van der Waals surface area contributed by atoms with E-state index in [0.717, 1.165) is 16.9 Å². The number of carbonyl (C=O) groups excluding carboxylic acids is 3. The molecular formula is C27H23N2O6-. The number of ether oxygens (including phenoxy) is 2. The summed E-state index contributed by atoms with van der Waals surface area (Å²) in [6.45, 7) is 3.47. The Morgan fingerprint density at radius 3 is 2.40 bits per heavy atom. The zero-order chi connectivity index (χ0) is 24.9. The predicted molar refractivity (Wildman–Crippen MR) is 129 cm³/mol. The molecule has 4 rings (SSSR count). The van der Waals surface area contributed by atoms with E-state index in [9.17, 15) is 19.5 Å². The topological polar surface area (TPSA) is 110 Å². The molecule has 0 fully saturated rings. The van der Waals surface area contributed by atoms with Gasteiger partial charge in [0.1, 0.15) is 5.75 Å². The Hall–Kier alpha value is -4.59. The number of amides is 1. The van der Waals surface area contributed by atoms with Crippen LogP contribution in [0.5, 0.6) is 5.75 Å². The number of hydrogen-bond acceptors (Lipinski definition) is 6. The van der Waals surface area contributed by atoms with Crippen LogP contribution in [0.1, 0.15) is 33.3 Å². The molecule has 0 aliphatic heterocycles. The van der Waals surface area contributed by atoms with Gasteiger partial charge < -0.3 is 29.3 Å². The van der Waals surface area contributed by atoms with E-state index in [1.54, 1.807) is 25.1 Å². The summed E-state index contributed by atoms with van der Waals surface area (Å²) >= 11 is 0. The lowest BCUT2D eigenvalue weighted by Crippen LogP contribution is -2.26. The number of aromatic nitrogens is 1. The van der Waals surface area contributed by atoms with Crippen LogP contribution in [0.4, 0.5) is 5.69 Å². The highest BCUT2D eigenvalue weighted by atomic mass is 16.5. The molecule has 1 heterocycles. The molecule has 0 radical (unpaired) electrons. The molecule has 1 amide bonds. The van der Waals surface area contributed by atoms with E-state index >= 15 is 0 Å². The van der Waals surface area contributed by atoms with E-state index in [2.05, 4.69) is 5.32 Å². The molecule has 1 N–H and O–H groups in total. The van der Waals surface area contributed by atoms with Crippen molar-refractivity contribution in [2.45, 2.75) is 13.8 Å². The summed E-state index contributed by atoms with van der Waals surface area (Å²) < 4.78 is 12.9. The number of fused-ring (bicyclic) bond motifs is 1. The number of carbonyl (C=O) groups is 3. The summed E-state index contributed by atoms with van der Waals surface area (Å²) in [5, 5.41) is 14.4. The largest absolute Gasteiger partial charge is 0.545 e. The van der Waals surface area contributed by atoms with Crippen molar-refractivity contribution in [3.05, 3.63) is 89.6 Å². The maximum Gasteiger partial charge on any atom is 0.340 e. The fourth-order valence-electron chi connectivity index (χ4n) is 3.96. The van der Waals surface area contributed by atoms with Crippen molar-refractivity contribution >= 4 is 34.4 Å². The quantitative estimate of drug-likeness (QED) is 0.394. The van der Waals surface area contributed by atoms with Crippen molar-refractivity contribution < 1.29 is 29.0 Å². The van der Waals surface area contributed by atoms with Crippen LogP contribution in [-0.2, 0) is 9.53 Å². The number of rotatable bonds is 8. The first-order valence-corrected chi connectivity index (χ1v) is 11.0. The number of nitrogens with zero attached hydrogens (tertiary/aromatic N) is 1. The van der Waals surface area contributed by atoms with Crippen LogP contribution < -0.4 is 15.2 Å². The first kappa shape index (κ1) is 23.6. The fraction of sp³-hybridized carbons (Fsp3) is 0.148. The van der Waals surface area contributed by atoms with Crippen LogP contribution in [-0.4, -0.2) is 35.6 Å². The first-order valence-electron chi connectivity index (χ1n) is 11.0. The molecular weight excluding hydrogens is 448 g/mol. The highest BCUT2D eigenvalue weighted by Gasteiger charge is 2.22. The highest BCUT2D eigenvalue weighted by molar-refractivity contribution is 6.07. The summed E-state index contributed by atoms with van der Waals surface area (Å²) in [5.74, 6) is -2.01.